The highest BCUT2D eigenvalue weighted by atomic mass is 32.2. The van der Waals surface area contributed by atoms with Gasteiger partial charge in [0.2, 0.25) is 0 Å². The Bertz CT molecular complexity index is 472. The summed E-state index contributed by atoms with van der Waals surface area (Å²) in [4.78, 5) is 2.08. The second-order valence-electron chi connectivity index (χ2n) is 4.70. The van der Waals surface area contributed by atoms with Crippen LogP contribution in [0.2, 0.25) is 0 Å². The first-order valence-corrected chi connectivity index (χ1v) is 7.97. The largest absolute Gasteiger partial charge is 0.492 e. The van der Waals surface area contributed by atoms with Gasteiger partial charge >= 0.3 is 0 Å². The minimum atomic E-state index is -2.80. The number of benzene rings is 1. The van der Waals surface area contributed by atoms with Crippen LogP contribution in [0.5, 0.6) is 5.75 Å². The summed E-state index contributed by atoms with van der Waals surface area (Å²) in [7, 11) is -0.842. The lowest BCUT2D eigenvalue weighted by molar-refractivity contribution is 0.202. The Kier molecular flexibility index (Phi) is 4.24. The van der Waals surface area contributed by atoms with Gasteiger partial charge in [-0.1, -0.05) is 18.2 Å². The third-order valence-corrected chi connectivity index (χ3v) is 5.04. The normalized spacial score (nSPS) is 22.2. The van der Waals surface area contributed by atoms with E-state index < -0.39 is 9.84 Å². The van der Waals surface area contributed by atoms with Crippen LogP contribution in [0.25, 0.3) is 0 Å². The average molecular weight is 269 g/mol. The molecule has 1 unspecified atom stereocenters. The fourth-order valence-corrected chi connectivity index (χ4v) is 3.94. The summed E-state index contributed by atoms with van der Waals surface area (Å²) in [6.07, 6.45) is 0.740. The zero-order valence-electron chi connectivity index (χ0n) is 10.6. The summed E-state index contributed by atoms with van der Waals surface area (Å²) in [5.74, 6) is 1.46. The molecule has 1 atom stereocenters. The van der Waals surface area contributed by atoms with E-state index in [1.54, 1.807) is 0 Å². The highest BCUT2D eigenvalue weighted by Gasteiger charge is 2.30. The quantitative estimate of drug-likeness (QED) is 0.805. The third-order valence-electron chi connectivity index (χ3n) is 3.29. The molecule has 0 aromatic heterocycles. The van der Waals surface area contributed by atoms with E-state index in [2.05, 4.69) is 4.90 Å². The maximum atomic E-state index is 11.4. The van der Waals surface area contributed by atoms with Crippen molar-refractivity contribution < 1.29 is 13.2 Å². The predicted molar refractivity (Wildman–Crippen MR) is 71.6 cm³/mol. The molecule has 0 aliphatic carbocycles. The maximum absolute atomic E-state index is 11.4. The van der Waals surface area contributed by atoms with Crippen molar-refractivity contribution in [3.8, 4) is 5.75 Å². The molecule has 18 heavy (non-hydrogen) atoms. The van der Waals surface area contributed by atoms with E-state index in [-0.39, 0.29) is 11.8 Å². The predicted octanol–water partition coefficient (Wildman–Crippen LogP) is 1.18. The van der Waals surface area contributed by atoms with Crippen molar-refractivity contribution >= 4 is 9.84 Å². The van der Waals surface area contributed by atoms with Gasteiger partial charge < -0.3 is 4.74 Å². The standard InChI is InChI=1S/C13H19NO3S/c1-14(12-7-10-18(15,16)11-12)8-9-17-13-5-3-2-4-6-13/h2-6,12H,7-11H2,1H3. The molecule has 5 heteroatoms. The number of hydrogen-bond donors (Lipinski definition) is 0. The van der Waals surface area contributed by atoms with E-state index in [9.17, 15) is 8.42 Å². The molecule has 0 saturated carbocycles. The Labute approximate surface area is 108 Å². The molecule has 1 aliphatic heterocycles. The van der Waals surface area contributed by atoms with Crippen molar-refractivity contribution in [2.45, 2.75) is 12.5 Å². The molecule has 0 amide bonds. The van der Waals surface area contributed by atoms with Gasteiger partial charge in [-0.05, 0) is 25.6 Å². The summed E-state index contributed by atoms with van der Waals surface area (Å²) in [5, 5.41) is 0. The molecule has 1 saturated heterocycles. The molecule has 0 spiro atoms. The van der Waals surface area contributed by atoms with Gasteiger partial charge in [0, 0.05) is 12.6 Å². The second kappa shape index (κ2) is 5.71. The monoisotopic (exact) mass is 269 g/mol. The lowest BCUT2D eigenvalue weighted by Gasteiger charge is -2.22. The molecular weight excluding hydrogens is 250 g/mol. The molecule has 0 bridgehead atoms. The first-order chi connectivity index (χ1) is 8.57. The third kappa shape index (κ3) is 3.71. The fraction of sp³-hybridized carbons (Fsp3) is 0.538. The summed E-state index contributed by atoms with van der Waals surface area (Å²) in [6.45, 7) is 1.33. The molecule has 1 fully saturated rings. The van der Waals surface area contributed by atoms with Gasteiger partial charge in [-0.15, -0.1) is 0 Å². The van der Waals surface area contributed by atoms with Gasteiger partial charge in [0.25, 0.3) is 0 Å². The van der Waals surface area contributed by atoms with Crippen LogP contribution < -0.4 is 4.74 Å². The molecule has 4 nitrogen and oxygen atoms in total. The SMILES string of the molecule is CN(CCOc1ccccc1)C1CCS(=O)(=O)C1. The van der Waals surface area contributed by atoms with Crippen molar-refractivity contribution in [1.29, 1.82) is 0 Å². The average Bonchev–Trinajstić information content (AvgIpc) is 2.71. The molecular formula is C13H19NO3S. The van der Waals surface area contributed by atoms with Crippen LogP contribution in [0.3, 0.4) is 0 Å². The number of ether oxygens (including phenoxy) is 1. The Morgan fingerprint density at radius 1 is 1.33 bits per heavy atom. The smallest absolute Gasteiger partial charge is 0.151 e. The van der Waals surface area contributed by atoms with Crippen molar-refractivity contribution in [1.82, 2.24) is 4.90 Å². The van der Waals surface area contributed by atoms with Crippen LogP contribution in [-0.2, 0) is 9.84 Å². The number of para-hydroxylation sites is 1. The molecule has 1 heterocycles. The maximum Gasteiger partial charge on any atom is 0.151 e. The Balaban J connectivity index is 1.74. The van der Waals surface area contributed by atoms with Crippen molar-refractivity contribution in [2.24, 2.45) is 0 Å². The Morgan fingerprint density at radius 3 is 2.67 bits per heavy atom. The van der Waals surface area contributed by atoms with Gasteiger partial charge in [-0.2, -0.15) is 0 Å². The van der Waals surface area contributed by atoms with E-state index in [1.165, 1.54) is 0 Å². The Hall–Kier alpha value is -1.07. The lowest BCUT2D eigenvalue weighted by Crippen LogP contribution is -2.35. The molecule has 100 valence electrons. The number of hydrogen-bond acceptors (Lipinski definition) is 4. The van der Waals surface area contributed by atoms with Gasteiger partial charge in [0.05, 0.1) is 11.5 Å². The Morgan fingerprint density at radius 2 is 2.06 bits per heavy atom. The number of likely N-dealkylation sites (N-methyl/N-ethyl adjacent to an activating group) is 1. The van der Waals surface area contributed by atoms with Crippen LogP contribution in [-0.4, -0.2) is 51.1 Å². The summed E-state index contributed by atoms with van der Waals surface area (Å²) in [5.41, 5.74) is 0. The highest BCUT2D eigenvalue weighted by molar-refractivity contribution is 7.91. The van der Waals surface area contributed by atoms with Crippen molar-refractivity contribution in [3.05, 3.63) is 30.3 Å². The summed E-state index contributed by atoms with van der Waals surface area (Å²) in [6, 6.07) is 9.79. The molecule has 0 radical (unpaired) electrons. The fourth-order valence-electron chi connectivity index (χ4n) is 2.13. The number of sulfone groups is 1. The number of nitrogens with zero attached hydrogens (tertiary/aromatic N) is 1. The van der Waals surface area contributed by atoms with Crippen LogP contribution in [0.15, 0.2) is 30.3 Å². The van der Waals surface area contributed by atoms with E-state index in [4.69, 9.17) is 4.74 Å². The van der Waals surface area contributed by atoms with E-state index in [0.29, 0.717) is 12.4 Å². The number of rotatable bonds is 5. The van der Waals surface area contributed by atoms with Crippen LogP contribution in [0, 0.1) is 0 Å². The topological polar surface area (TPSA) is 46.6 Å². The van der Waals surface area contributed by atoms with Crippen LogP contribution in [0.4, 0.5) is 0 Å². The minimum absolute atomic E-state index is 0.148. The molecule has 1 aliphatic rings. The summed E-state index contributed by atoms with van der Waals surface area (Å²) >= 11 is 0. The lowest BCUT2D eigenvalue weighted by atomic mass is 10.2. The molecule has 1 aromatic rings. The van der Waals surface area contributed by atoms with Gasteiger partial charge in [-0.25, -0.2) is 8.42 Å². The first-order valence-electron chi connectivity index (χ1n) is 6.15. The van der Waals surface area contributed by atoms with E-state index in [1.807, 2.05) is 37.4 Å². The zero-order chi connectivity index (χ0) is 13.0. The van der Waals surface area contributed by atoms with Crippen molar-refractivity contribution in [2.75, 3.05) is 31.7 Å². The van der Waals surface area contributed by atoms with Crippen molar-refractivity contribution in [3.63, 3.8) is 0 Å². The molecule has 0 N–H and O–H groups in total. The van der Waals surface area contributed by atoms with Crippen LogP contribution >= 0.6 is 0 Å². The molecule has 2 rings (SSSR count). The van der Waals surface area contributed by atoms with Gasteiger partial charge in [-0.3, -0.25) is 4.90 Å². The second-order valence-corrected chi connectivity index (χ2v) is 6.93. The minimum Gasteiger partial charge on any atom is -0.492 e. The van der Waals surface area contributed by atoms with E-state index >= 15 is 0 Å². The highest BCUT2D eigenvalue weighted by Crippen LogP contribution is 2.16. The van der Waals surface area contributed by atoms with Crippen LogP contribution in [0.1, 0.15) is 6.42 Å². The molecule has 1 aromatic carbocycles. The van der Waals surface area contributed by atoms with Gasteiger partial charge in [0.15, 0.2) is 9.84 Å². The van der Waals surface area contributed by atoms with E-state index in [0.717, 1.165) is 18.7 Å². The zero-order valence-corrected chi connectivity index (χ0v) is 11.4. The summed E-state index contributed by atoms with van der Waals surface area (Å²) < 4.78 is 28.4. The van der Waals surface area contributed by atoms with Gasteiger partial charge in [0.1, 0.15) is 12.4 Å². The first kappa shape index (κ1) is 13.4.